The van der Waals surface area contributed by atoms with Gasteiger partial charge >= 0.3 is 0 Å². The summed E-state index contributed by atoms with van der Waals surface area (Å²) < 4.78 is 3.72. The molecule has 5 aromatic rings. The van der Waals surface area contributed by atoms with E-state index < -0.39 is 0 Å². The first-order valence-electron chi connectivity index (χ1n) is 10.5. The Kier molecular flexibility index (Phi) is 5.45. The fourth-order valence-corrected chi connectivity index (χ4v) is 3.63. The van der Waals surface area contributed by atoms with E-state index in [-0.39, 0.29) is 5.91 Å². The molecule has 7 nitrogen and oxygen atoms in total. The monoisotopic (exact) mass is 422 g/mol. The third-order valence-electron chi connectivity index (χ3n) is 5.24. The zero-order valence-electron chi connectivity index (χ0n) is 17.4. The van der Waals surface area contributed by atoms with E-state index in [0.29, 0.717) is 17.9 Å². The van der Waals surface area contributed by atoms with Crippen molar-refractivity contribution in [2.45, 2.75) is 13.0 Å². The van der Waals surface area contributed by atoms with Gasteiger partial charge in [-0.3, -0.25) is 4.79 Å². The molecule has 5 rings (SSSR count). The highest BCUT2D eigenvalue weighted by Crippen LogP contribution is 2.26. The molecule has 0 bridgehead atoms. The van der Waals surface area contributed by atoms with Gasteiger partial charge in [0.2, 0.25) is 0 Å². The highest BCUT2D eigenvalue weighted by Gasteiger charge is 2.16. The predicted octanol–water partition coefficient (Wildman–Crippen LogP) is 4.08. The van der Waals surface area contributed by atoms with E-state index in [2.05, 4.69) is 15.4 Å². The maximum atomic E-state index is 12.7. The molecule has 1 N–H and O–H groups in total. The van der Waals surface area contributed by atoms with Gasteiger partial charge in [0.25, 0.3) is 5.91 Å². The van der Waals surface area contributed by atoms with Crippen LogP contribution in [-0.2, 0) is 6.54 Å². The van der Waals surface area contributed by atoms with Crippen molar-refractivity contribution in [1.29, 1.82) is 0 Å². The minimum absolute atomic E-state index is 0.207. The van der Waals surface area contributed by atoms with Crippen molar-refractivity contribution in [2.24, 2.45) is 0 Å². The van der Waals surface area contributed by atoms with Crippen LogP contribution in [0.2, 0.25) is 0 Å². The smallest absolute Gasteiger partial charge is 0.271 e. The number of imidazole rings is 1. The summed E-state index contributed by atoms with van der Waals surface area (Å²) in [5, 5.41) is 7.53. The van der Waals surface area contributed by atoms with Crippen LogP contribution in [0.15, 0.2) is 91.5 Å². The summed E-state index contributed by atoms with van der Waals surface area (Å²) in [7, 11) is 0. The Morgan fingerprint density at radius 3 is 2.41 bits per heavy atom. The molecule has 32 heavy (non-hydrogen) atoms. The van der Waals surface area contributed by atoms with E-state index in [0.717, 1.165) is 35.5 Å². The largest absolute Gasteiger partial charge is 0.351 e. The van der Waals surface area contributed by atoms with Crippen LogP contribution >= 0.6 is 0 Å². The molecule has 0 radical (unpaired) electrons. The van der Waals surface area contributed by atoms with Crippen molar-refractivity contribution in [3.63, 3.8) is 0 Å². The number of rotatable bonds is 7. The lowest BCUT2D eigenvalue weighted by molar-refractivity contribution is 0.0947. The van der Waals surface area contributed by atoms with Gasteiger partial charge in [-0.15, -0.1) is 0 Å². The standard InChI is InChI=1S/C25H22N6O/c32-25(27-12-7-14-30-15-13-26-18-30)22-17-24-28-21(19-8-3-1-4-9-19)16-23(31(24)29-22)20-10-5-2-6-11-20/h1-6,8-11,13,15-18H,7,12,14H2,(H,27,32). The molecular formula is C25H22N6O. The van der Waals surface area contributed by atoms with Gasteiger partial charge < -0.3 is 9.88 Å². The van der Waals surface area contributed by atoms with Crippen LogP contribution in [0.25, 0.3) is 28.2 Å². The second-order valence-corrected chi connectivity index (χ2v) is 7.47. The van der Waals surface area contributed by atoms with Crippen LogP contribution in [0.5, 0.6) is 0 Å². The molecular weight excluding hydrogens is 400 g/mol. The molecule has 0 aliphatic carbocycles. The quantitative estimate of drug-likeness (QED) is 0.401. The molecule has 0 aliphatic rings. The molecule has 2 aromatic carbocycles. The van der Waals surface area contributed by atoms with Crippen LogP contribution < -0.4 is 5.32 Å². The number of amides is 1. The molecule has 0 fully saturated rings. The number of hydrogen-bond acceptors (Lipinski definition) is 4. The van der Waals surface area contributed by atoms with Crippen molar-refractivity contribution >= 4 is 11.6 Å². The second kappa shape index (κ2) is 8.85. The Labute approximate surface area is 185 Å². The van der Waals surface area contributed by atoms with Gasteiger partial charge in [-0.2, -0.15) is 5.10 Å². The van der Waals surface area contributed by atoms with Crippen molar-refractivity contribution in [3.05, 3.63) is 97.2 Å². The van der Waals surface area contributed by atoms with Gasteiger partial charge in [0.1, 0.15) is 0 Å². The maximum absolute atomic E-state index is 12.7. The molecule has 7 heteroatoms. The van der Waals surface area contributed by atoms with E-state index >= 15 is 0 Å². The number of benzene rings is 2. The minimum Gasteiger partial charge on any atom is -0.351 e. The lowest BCUT2D eigenvalue weighted by Gasteiger charge is -2.08. The van der Waals surface area contributed by atoms with Crippen LogP contribution in [0.1, 0.15) is 16.9 Å². The van der Waals surface area contributed by atoms with Crippen molar-refractivity contribution in [3.8, 4) is 22.5 Å². The number of carbonyl (C=O) groups is 1. The first-order valence-corrected chi connectivity index (χ1v) is 10.5. The lowest BCUT2D eigenvalue weighted by Crippen LogP contribution is -2.25. The number of nitrogens with one attached hydrogen (secondary N) is 1. The molecule has 0 saturated carbocycles. The van der Waals surface area contributed by atoms with E-state index in [1.165, 1.54) is 0 Å². The first-order chi connectivity index (χ1) is 15.8. The average molecular weight is 422 g/mol. The summed E-state index contributed by atoms with van der Waals surface area (Å²) in [5.74, 6) is -0.207. The van der Waals surface area contributed by atoms with Crippen molar-refractivity contribution < 1.29 is 4.79 Å². The van der Waals surface area contributed by atoms with Crippen LogP contribution in [0.3, 0.4) is 0 Å². The van der Waals surface area contributed by atoms with Gasteiger partial charge in [0, 0.05) is 42.7 Å². The minimum atomic E-state index is -0.207. The highest BCUT2D eigenvalue weighted by molar-refractivity contribution is 5.93. The summed E-state index contributed by atoms with van der Waals surface area (Å²) in [5.41, 5.74) is 4.72. The molecule has 0 saturated heterocycles. The Hall–Kier alpha value is -4.26. The van der Waals surface area contributed by atoms with Gasteiger partial charge in [-0.05, 0) is 12.5 Å². The summed E-state index contributed by atoms with van der Waals surface area (Å²) in [6, 6.07) is 23.8. The highest BCUT2D eigenvalue weighted by atomic mass is 16.1. The Balaban J connectivity index is 1.44. The van der Waals surface area contributed by atoms with E-state index in [1.54, 1.807) is 23.1 Å². The van der Waals surface area contributed by atoms with E-state index in [4.69, 9.17) is 4.98 Å². The maximum Gasteiger partial charge on any atom is 0.271 e. The second-order valence-electron chi connectivity index (χ2n) is 7.47. The number of aryl methyl sites for hydroxylation is 1. The number of nitrogens with zero attached hydrogens (tertiary/aromatic N) is 5. The molecule has 158 valence electrons. The van der Waals surface area contributed by atoms with Crippen LogP contribution in [0, 0.1) is 0 Å². The van der Waals surface area contributed by atoms with Crippen molar-refractivity contribution in [1.82, 2.24) is 29.5 Å². The molecule has 0 spiro atoms. The lowest BCUT2D eigenvalue weighted by atomic mass is 10.1. The van der Waals surface area contributed by atoms with Gasteiger partial charge in [0.05, 0.1) is 17.7 Å². The van der Waals surface area contributed by atoms with Crippen LogP contribution in [0.4, 0.5) is 0 Å². The summed E-state index contributed by atoms with van der Waals surface area (Å²) in [4.78, 5) is 21.5. The van der Waals surface area contributed by atoms with E-state index in [1.807, 2.05) is 77.5 Å². The predicted molar refractivity (Wildman–Crippen MR) is 123 cm³/mol. The number of carbonyl (C=O) groups excluding carboxylic acids is 1. The van der Waals surface area contributed by atoms with E-state index in [9.17, 15) is 4.79 Å². The zero-order chi connectivity index (χ0) is 21.8. The van der Waals surface area contributed by atoms with Gasteiger partial charge in [0.15, 0.2) is 11.3 Å². The molecule has 0 atom stereocenters. The van der Waals surface area contributed by atoms with Crippen LogP contribution in [-0.4, -0.2) is 36.6 Å². The van der Waals surface area contributed by atoms with Gasteiger partial charge in [-0.25, -0.2) is 14.5 Å². The number of aromatic nitrogens is 5. The third-order valence-corrected chi connectivity index (χ3v) is 5.24. The van der Waals surface area contributed by atoms with Gasteiger partial charge in [-0.1, -0.05) is 60.7 Å². The SMILES string of the molecule is O=C(NCCCn1ccnc1)c1cc2nc(-c3ccccc3)cc(-c3ccccc3)n2n1. The zero-order valence-corrected chi connectivity index (χ0v) is 17.4. The third kappa shape index (κ3) is 4.13. The summed E-state index contributed by atoms with van der Waals surface area (Å²) in [6.45, 7) is 1.35. The van der Waals surface area contributed by atoms with Crippen molar-refractivity contribution in [2.75, 3.05) is 6.54 Å². The molecule has 3 aromatic heterocycles. The average Bonchev–Trinajstić information content (AvgIpc) is 3.52. The first kappa shape index (κ1) is 19.7. The Morgan fingerprint density at radius 1 is 0.938 bits per heavy atom. The molecule has 0 unspecified atom stereocenters. The molecule has 3 heterocycles. The fourth-order valence-electron chi connectivity index (χ4n) is 3.63. The Morgan fingerprint density at radius 2 is 1.69 bits per heavy atom. The number of fused-ring (bicyclic) bond motifs is 1. The summed E-state index contributed by atoms with van der Waals surface area (Å²) >= 11 is 0. The summed E-state index contributed by atoms with van der Waals surface area (Å²) in [6.07, 6.45) is 6.23. The molecule has 1 amide bonds. The topological polar surface area (TPSA) is 77.1 Å². The normalized spacial score (nSPS) is 11.0. The Bertz CT molecular complexity index is 1330. The number of hydrogen-bond donors (Lipinski definition) is 1. The molecule has 0 aliphatic heterocycles. The fraction of sp³-hybridized carbons (Fsp3) is 0.120.